The molecule has 6 nitrogen and oxygen atoms in total. The molecule has 0 aliphatic carbocycles. The fraction of sp³-hybridized carbons (Fsp3) is 0.556. The van der Waals surface area contributed by atoms with Gasteiger partial charge in [-0.1, -0.05) is 0 Å². The summed E-state index contributed by atoms with van der Waals surface area (Å²) in [6.07, 6.45) is 0.0172. The highest BCUT2D eigenvalue weighted by Gasteiger charge is 2.16. The fourth-order valence-corrected chi connectivity index (χ4v) is 2.06. The Hall–Kier alpha value is -1.36. The normalized spacial score (nSPS) is 20.3. The first kappa shape index (κ1) is 11.1. The van der Waals surface area contributed by atoms with E-state index in [1.165, 1.54) is 11.5 Å². The number of hydrogen-bond donors (Lipinski definition) is 2. The molecule has 1 fully saturated rings. The van der Waals surface area contributed by atoms with Gasteiger partial charge >= 0.3 is 0 Å². The molecule has 1 unspecified atom stereocenters. The predicted molar refractivity (Wildman–Crippen MR) is 60.3 cm³/mol. The smallest absolute Gasteiger partial charge is 0.157 e. The first-order valence-corrected chi connectivity index (χ1v) is 5.67. The van der Waals surface area contributed by atoms with Crippen LogP contribution < -0.4 is 11.1 Å². The van der Waals surface area contributed by atoms with Crippen LogP contribution in [0, 0.1) is 11.3 Å². The first-order chi connectivity index (χ1) is 7.81. The molecule has 1 aromatic rings. The average Bonchev–Trinajstić information content (AvgIpc) is 2.68. The standard InChI is InChI=1S/C9H12N4O2S/c10-3-7-8(11)13-16-9(7)12-4-6-5-14-1-2-15-6/h6,12H,1-2,4-5H2,(H2,11,13). The van der Waals surface area contributed by atoms with Crippen molar-refractivity contribution in [1.82, 2.24) is 4.37 Å². The number of nitrogens with two attached hydrogens (primary N) is 1. The van der Waals surface area contributed by atoms with Gasteiger partial charge in [0.25, 0.3) is 0 Å². The molecule has 0 bridgehead atoms. The van der Waals surface area contributed by atoms with Crippen LogP contribution in [0.1, 0.15) is 5.56 Å². The Morgan fingerprint density at radius 3 is 3.19 bits per heavy atom. The van der Waals surface area contributed by atoms with Crippen LogP contribution in [-0.2, 0) is 9.47 Å². The number of anilines is 2. The largest absolute Gasteiger partial charge is 0.382 e. The van der Waals surface area contributed by atoms with E-state index < -0.39 is 0 Å². The molecule has 2 rings (SSSR count). The van der Waals surface area contributed by atoms with Gasteiger partial charge in [0.05, 0.1) is 25.9 Å². The topological polar surface area (TPSA) is 93.2 Å². The Morgan fingerprint density at radius 1 is 1.62 bits per heavy atom. The van der Waals surface area contributed by atoms with Crippen LogP contribution in [0.4, 0.5) is 10.8 Å². The third-order valence-electron chi connectivity index (χ3n) is 2.21. The molecule has 0 radical (unpaired) electrons. The summed E-state index contributed by atoms with van der Waals surface area (Å²) in [5.41, 5.74) is 5.95. The molecule has 1 atom stereocenters. The second-order valence-electron chi connectivity index (χ2n) is 3.33. The summed E-state index contributed by atoms with van der Waals surface area (Å²) in [7, 11) is 0. The van der Waals surface area contributed by atoms with E-state index in [0.717, 1.165) is 0 Å². The number of nitriles is 1. The monoisotopic (exact) mass is 240 g/mol. The summed E-state index contributed by atoms with van der Waals surface area (Å²) < 4.78 is 14.6. The highest BCUT2D eigenvalue weighted by atomic mass is 32.1. The van der Waals surface area contributed by atoms with Crippen LogP contribution in [0.15, 0.2) is 0 Å². The summed E-state index contributed by atoms with van der Waals surface area (Å²) in [5, 5.41) is 12.7. The molecule has 1 aliphatic rings. The Labute approximate surface area is 97.1 Å². The molecule has 3 N–H and O–H groups in total. The van der Waals surface area contributed by atoms with E-state index >= 15 is 0 Å². The van der Waals surface area contributed by atoms with Crippen molar-refractivity contribution in [3.8, 4) is 6.07 Å². The van der Waals surface area contributed by atoms with E-state index in [1.807, 2.05) is 6.07 Å². The van der Waals surface area contributed by atoms with Crippen molar-refractivity contribution in [2.24, 2.45) is 0 Å². The molecule has 0 amide bonds. The quantitative estimate of drug-likeness (QED) is 0.795. The fourth-order valence-electron chi connectivity index (χ4n) is 1.39. The van der Waals surface area contributed by atoms with Gasteiger partial charge in [-0.25, -0.2) is 0 Å². The minimum Gasteiger partial charge on any atom is -0.382 e. The maximum absolute atomic E-state index is 8.87. The van der Waals surface area contributed by atoms with Crippen LogP contribution in [0.5, 0.6) is 0 Å². The van der Waals surface area contributed by atoms with Crippen molar-refractivity contribution in [1.29, 1.82) is 5.26 Å². The van der Waals surface area contributed by atoms with Crippen molar-refractivity contribution >= 4 is 22.4 Å². The van der Waals surface area contributed by atoms with E-state index in [0.29, 0.717) is 36.9 Å². The summed E-state index contributed by atoms with van der Waals surface area (Å²) in [6, 6.07) is 2.02. The molecule has 1 aromatic heterocycles. The molecule has 7 heteroatoms. The molecular weight excluding hydrogens is 228 g/mol. The second-order valence-corrected chi connectivity index (χ2v) is 4.11. The minimum atomic E-state index is 0.0172. The summed E-state index contributed by atoms with van der Waals surface area (Å²) >= 11 is 1.18. The minimum absolute atomic E-state index is 0.0172. The van der Waals surface area contributed by atoms with Crippen molar-refractivity contribution in [2.45, 2.75) is 6.10 Å². The van der Waals surface area contributed by atoms with E-state index in [9.17, 15) is 0 Å². The van der Waals surface area contributed by atoms with Gasteiger partial charge in [-0.3, -0.25) is 0 Å². The number of ether oxygens (including phenoxy) is 2. The second kappa shape index (κ2) is 5.12. The molecule has 1 aliphatic heterocycles. The lowest BCUT2D eigenvalue weighted by atomic mass is 10.3. The zero-order valence-electron chi connectivity index (χ0n) is 8.60. The maximum atomic E-state index is 8.87. The van der Waals surface area contributed by atoms with E-state index in [1.54, 1.807) is 0 Å². The molecule has 0 aromatic carbocycles. The zero-order chi connectivity index (χ0) is 11.4. The van der Waals surface area contributed by atoms with Gasteiger partial charge in [-0.05, 0) is 11.5 Å². The van der Waals surface area contributed by atoms with Crippen molar-refractivity contribution in [2.75, 3.05) is 37.4 Å². The van der Waals surface area contributed by atoms with E-state index in [2.05, 4.69) is 9.69 Å². The third kappa shape index (κ3) is 2.41. The van der Waals surface area contributed by atoms with Gasteiger partial charge in [0, 0.05) is 6.54 Å². The Bertz CT molecular complexity index is 395. The summed E-state index contributed by atoms with van der Waals surface area (Å²) in [6.45, 7) is 2.43. The highest BCUT2D eigenvalue weighted by molar-refractivity contribution is 7.10. The van der Waals surface area contributed by atoms with E-state index in [4.69, 9.17) is 20.5 Å². The van der Waals surface area contributed by atoms with Crippen molar-refractivity contribution in [3.63, 3.8) is 0 Å². The molecule has 2 heterocycles. The highest BCUT2D eigenvalue weighted by Crippen LogP contribution is 2.25. The third-order valence-corrected chi connectivity index (χ3v) is 3.02. The van der Waals surface area contributed by atoms with E-state index in [-0.39, 0.29) is 11.9 Å². The molecular formula is C9H12N4O2S. The molecule has 0 spiro atoms. The van der Waals surface area contributed by atoms with Crippen LogP contribution in [0.2, 0.25) is 0 Å². The first-order valence-electron chi connectivity index (χ1n) is 4.89. The zero-order valence-corrected chi connectivity index (χ0v) is 9.42. The van der Waals surface area contributed by atoms with Gasteiger partial charge in [0.15, 0.2) is 5.82 Å². The number of nitrogens with zero attached hydrogens (tertiary/aromatic N) is 2. The molecule has 16 heavy (non-hydrogen) atoms. The van der Waals surface area contributed by atoms with Crippen LogP contribution in [-0.4, -0.2) is 36.8 Å². The maximum Gasteiger partial charge on any atom is 0.157 e. The Kier molecular flexibility index (Phi) is 3.56. The van der Waals surface area contributed by atoms with Crippen LogP contribution >= 0.6 is 11.5 Å². The Morgan fingerprint density at radius 2 is 2.50 bits per heavy atom. The van der Waals surface area contributed by atoms with Gasteiger partial charge in [-0.15, -0.1) is 0 Å². The molecule has 0 saturated carbocycles. The predicted octanol–water partition coefficient (Wildman–Crippen LogP) is 0.424. The number of hydrogen-bond acceptors (Lipinski definition) is 7. The van der Waals surface area contributed by atoms with Crippen molar-refractivity contribution < 1.29 is 9.47 Å². The average molecular weight is 240 g/mol. The van der Waals surface area contributed by atoms with Crippen LogP contribution in [0.3, 0.4) is 0 Å². The lowest BCUT2D eigenvalue weighted by molar-refractivity contribution is -0.0818. The lowest BCUT2D eigenvalue weighted by Crippen LogP contribution is -2.34. The van der Waals surface area contributed by atoms with Gasteiger partial charge in [0.1, 0.15) is 16.6 Å². The van der Waals surface area contributed by atoms with Gasteiger partial charge in [0.2, 0.25) is 0 Å². The number of rotatable bonds is 3. The van der Waals surface area contributed by atoms with Crippen LogP contribution in [0.25, 0.3) is 0 Å². The number of nitrogen functional groups attached to an aromatic ring is 1. The van der Waals surface area contributed by atoms with Crippen molar-refractivity contribution in [3.05, 3.63) is 5.56 Å². The number of nitrogens with one attached hydrogen (secondary N) is 1. The Balaban J connectivity index is 1.91. The summed E-state index contributed by atoms with van der Waals surface area (Å²) in [4.78, 5) is 0. The lowest BCUT2D eigenvalue weighted by Gasteiger charge is -2.23. The SMILES string of the molecule is N#Cc1c(N)nsc1NCC1COCCO1. The molecule has 1 saturated heterocycles. The van der Waals surface area contributed by atoms with Gasteiger partial charge < -0.3 is 20.5 Å². The van der Waals surface area contributed by atoms with Gasteiger partial charge in [-0.2, -0.15) is 9.64 Å². The summed E-state index contributed by atoms with van der Waals surface area (Å²) in [5.74, 6) is 0.274. The number of aromatic nitrogens is 1. The molecule has 86 valence electrons.